The summed E-state index contributed by atoms with van der Waals surface area (Å²) < 4.78 is 0. The van der Waals surface area contributed by atoms with Crippen LogP contribution >= 0.6 is 0 Å². The third kappa shape index (κ3) is 3.23. The van der Waals surface area contributed by atoms with Gasteiger partial charge in [0, 0.05) is 0 Å². The van der Waals surface area contributed by atoms with Crippen molar-refractivity contribution in [2.24, 2.45) is 0 Å². The molecule has 0 saturated carbocycles. The van der Waals surface area contributed by atoms with Crippen LogP contribution < -0.4 is 0 Å². The zero-order chi connectivity index (χ0) is 21.1. The van der Waals surface area contributed by atoms with Gasteiger partial charge in [-0.1, -0.05) is 117 Å². The minimum atomic E-state index is 1.09. The van der Waals surface area contributed by atoms with Crippen molar-refractivity contribution in [3.8, 4) is 22.3 Å². The molecule has 4 rings (SSSR count). The second kappa shape index (κ2) is 8.23. The number of hydrogen-bond donors (Lipinski definition) is 0. The standard InChI is InChI=1S/C30H24/c1-5-21-13-11-15-28(26(21)7-3)23-16-18-24(19-17-23)30-27(8-4)22(6-2)20-25-12-9-10-14-29(25)30/h5-20H,1-4H2. The quantitative estimate of drug-likeness (QED) is 0.312. The van der Waals surface area contributed by atoms with Crippen LogP contribution in [0.3, 0.4) is 0 Å². The van der Waals surface area contributed by atoms with E-state index in [1.165, 1.54) is 16.3 Å². The largest absolute Gasteiger partial charge is 0.0984 e. The van der Waals surface area contributed by atoms with Crippen LogP contribution in [0.1, 0.15) is 22.3 Å². The summed E-state index contributed by atoms with van der Waals surface area (Å²) in [6.45, 7) is 16.0. The van der Waals surface area contributed by atoms with Gasteiger partial charge in [0.05, 0.1) is 0 Å². The Morgan fingerprint density at radius 2 is 1.20 bits per heavy atom. The maximum atomic E-state index is 4.07. The third-order valence-electron chi connectivity index (χ3n) is 5.59. The molecule has 0 N–H and O–H groups in total. The van der Waals surface area contributed by atoms with E-state index in [1.54, 1.807) is 0 Å². The summed E-state index contributed by atoms with van der Waals surface area (Å²) in [4.78, 5) is 0. The van der Waals surface area contributed by atoms with Gasteiger partial charge in [0.2, 0.25) is 0 Å². The van der Waals surface area contributed by atoms with E-state index in [0.717, 1.165) is 38.9 Å². The Labute approximate surface area is 178 Å². The Hall–Kier alpha value is -3.90. The van der Waals surface area contributed by atoms with Crippen LogP contribution in [-0.4, -0.2) is 0 Å². The van der Waals surface area contributed by atoms with Crippen molar-refractivity contribution in [2.75, 3.05) is 0 Å². The summed E-state index contributed by atoms with van der Waals surface area (Å²) in [6.07, 6.45) is 7.60. The highest BCUT2D eigenvalue weighted by Crippen LogP contribution is 2.37. The van der Waals surface area contributed by atoms with Gasteiger partial charge >= 0.3 is 0 Å². The van der Waals surface area contributed by atoms with Crippen LogP contribution in [0.2, 0.25) is 0 Å². The minimum absolute atomic E-state index is 1.09. The number of fused-ring (bicyclic) bond motifs is 1. The van der Waals surface area contributed by atoms with E-state index in [1.807, 2.05) is 24.3 Å². The third-order valence-corrected chi connectivity index (χ3v) is 5.59. The summed E-state index contributed by atoms with van der Waals surface area (Å²) >= 11 is 0. The molecule has 144 valence electrons. The van der Waals surface area contributed by atoms with Crippen molar-refractivity contribution in [1.29, 1.82) is 0 Å². The van der Waals surface area contributed by atoms with Gasteiger partial charge in [-0.15, -0.1) is 0 Å². The first-order valence-electron chi connectivity index (χ1n) is 10.0. The smallest absolute Gasteiger partial charge is 0.00270 e. The molecule has 4 aromatic rings. The zero-order valence-electron chi connectivity index (χ0n) is 17.1. The van der Waals surface area contributed by atoms with E-state index in [0.29, 0.717) is 0 Å². The second-order valence-corrected chi connectivity index (χ2v) is 7.18. The molecule has 0 aliphatic heterocycles. The van der Waals surface area contributed by atoms with E-state index in [-0.39, 0.29) is 0 Å². The molecule has 0 heteroatoms. The van der Waals surface area contributed by atoms with Crippen LogP contribution in [0.4, 0.5) is 0 Å². The zero-order valence-corrected chi connectivity index (χ0v) is 17.1. The van der Waals surface area contributed by atoms with Crippen LogP contribution in [-0.2, 0) is 0 Å². The first kappa shape index (κ1) is 19.4. The minimum Gasteiger partial charge on any atom is -0.0984 e. The van der Waals surface area contributed by atoms with Gasteiger partial charge in [-0.25, -0.2) is 0 Å². The monoisotopic (exact) mass is 384 g/mol. The molecule has 0 nitrogen and oxygen atoms in total. The lowest BCUT2D eigenvalue weighted by molar-refractivity contribution is 1.56. The molecule has 0 spiro atoms. The molecule has 0 fully saturated rings. The van der Waals surface area contributed by atoms with E-state index in [2.05, 4.69) is 99.1 Å². The lowest BCUT2D eigenvalue weighted by Gasteiger charge is -2.15. The molecule has 4 aromatic carbocycles. The van der Waals surface area contributed by atoms with E-state index in [4.69, 9.17) is 0 Å². The molecule has 0 bridgehead atoms. The summed E-state index contributed by atoms with van der Waals surface area (Å²) in [6, 6.07) is 25.6. The Bertz CT molecular complexity index is 1280. The highest BCUT2D eigenvalue weighted by atomic mass is 14.2. The predicted molar refractivity (Wildman–Crippen MR) is 135 cm³/mol. The fraction of sp³-hybridized carbons (Fsp3) is 0. The molecule has 0 atom stereocenters. The highest BCUT2D eigenvalue weighted by molar-refractivity contribution is 6.03. The summed E-state index contributed by atoms with van der Waals surface area (Å²) in [5.74, 6) is 0. The van der Waals surface area contributed by atoms with Crippen molar-refractivity contribution in [3.63, 3.8) is 0 Å². The predicted octanol–water partition coefficient (Wildman–Crippen LogP) is 8.75. The van der Waals surface area contributed by atoms with Crippen LogP contribution in [0.25, 0.3) is 57.3 Å². The van der Waals surface area contributed by atoms with Crippen molar-refractivity contribution < 1.29 is 0 Å². The average molecular weight is 385 g/mol. The summed E-state index contributed by atoms with van der Waals surface area (Å²) in [7, 11) is 0. The number of hydrogen-bond acceptors (Lipinski definition) is 0. The van der Waals surface area contributed by atoms with Crippen molar-refractivity contribution in [3.05, 3.63) is 121 Å². The second-order valence-electron chi connectivity index (χ2n) is 7.18. The first-order chi connectivity index (χ1) is 14.7. The molecule has 0 unspecified atom stereocenters. The fourth-order valence-electron chi connectivity index (χ4n) is 4.14. The molecule has 0 amide bonds. The van der Waals surface area contributed by atoms with Crippen molar-refractivity contribution in [2.45, 2.75) is 0 Å². The molecule has 0 heterocycles. The van der Waals surface area contributed by atoms with Crippen LogP contribution in [0.15, 0.2) is 99.1 Å². The fourth-order valence-corrected chi connectivity index (χ4v) is 4.14. The molecule has 30 heavy (non-hydrogen) atoms. The van der Waals surface area contributed by atoms with Gasteiger partial charge in [-0.05, 0) is 61.3 Å². The van der Waals surface area contributed by atoms with Crippen molar-refractivity contribution >= 4 is 35.1 Å². The Morgan fingerprint density at radius 3 is 1.87 bits per heavy atom. The van der Waals surface area contributed by atoms with Gasteiger partial charge in [0.15, 0.2) is 0 Å². The van der Waals surface area contributed by atoms with Gasteiger partial charge in [0.1, 0.15) is 0 Å². The lowest BCUT2D eigenvalue weighted by Crippen LogP contribution is -1.92. The lowest BCUT2D eigenvalue weighted by atomic mass is 9.88. The topological polar surface area (TPSA) is 0 Å². The highest BCUT2D eigenvalue weighted by Gasteiger charge is 2.13. The Morgan fingerprint density at radius 1 is 0.533 bits per heavy atom. The van der Waals surface area contributed by atoms with Crippen LogP contribution in [0, 0.1) is 0 Å². The molecule has 0 aliphatic rings. The normalized spacial score (nSPS) is 10.5. The van der Waals surface area contributed by atoms with Crippen molar-refractivity contribution in [1.82, 2.24) is 0 Å². The molecular weight excluding hydrogens is 360 g/mol. The van der Waals surface area contributed by atoms with E-state index >= 15 is 0 Å². The van der Waals surface area contributed by atoms with Gasteiger partial charge in [-0.3, -0.25) is 0 Å². The van der Waals surface area contributed by atoms with Gasteiger partial charge in [-0.2, -0.15) is 0 Å². The Kier molecular flexibility index (Phi) is 5.32. The molecule has 0 aromatic heterocycles. The SMILES string of the molecule is C=Cc1cccc(-c2ccc(-c3c(C=C)c(C=C)cc4ccccc34)cc2)c1C=C. The Balaban J connectivity index is 1.92. The van der Waals surface area contributed by atoms with Crippen LogP contribution in [0.5, 0.6) is 0 Å². The number of benzene rings is 4. The van der Waals surface area contributed by atoms with E-state index in [9.17, 15) is 0 Å². The molecule has 0 aliphatic carbocycles. The maximum absolute atomic E-state index is 4.07. The molecule has 0 radical (unpaired) electrons. The maximum Gasteiger partial charge on any atom is -0.00270 e. The number of rotatable bonds is 6. The van der Waals surface area contributed by atoms with Gasteiger partial charge < -0.3 is 0 Å². The summed E-state index contributed by atoms with van der Waals surface area (Å²) in [5, 5.41) is 2.41. The first-order valence-corrected chi connectivity index (χ1v) is 10.0. The average Bonchev–Trinajstić information content (AvgIpc) is 2.82. The molecular formula is C30H24. The molecule has 0 saturated heterocycles. The summed E-state index contributed by atoms with van der Waals surface area (Å²) in [5.41, 5.74) is 9.05. The van der Waals surface area contributed by atoms with Gasteiger partial charge in [0.25, 0.3) is 0 Å². The van der Waals surface area contributed by atoms with E-state index < -0.39 is 0 Å².